The first-order valence-corrected chi connectivity index (χ1v) is 6.34. The number of H-pyrrole nitrogens is 1. The van der Waals surface area contributed by atoms with Crippen molar-refractivity contribution in [2.75, 3.05) is 6.54 Å². The van der Waals surface area contributed by atoms with E-state index in [4.69, 9.17) is 0 Å². The molecule has 1 aliphatic heterocycles. The van der Waals surface area contributed by atoms with Crippen LogP contribution in [0.5, 0.6) is 0 Å². The number of aromatic amines is 1. The van der Waals surface area contributed by atoms with Gasteiger partial charge in [0.25, 0.3) is 5.91 Å². The van der Waals surface area contributed by atoms with E-state index in [0.717, 1.165) is 30.6 Å². The third kappa shape index (κ3) is 2.09. The monoisotopic (exact) mass is 257 g/mol. The zero-order chi connectivity index (χ0) is 13.2. The van der Waals surface area contributed by atoms with E-state index in [1.165, 1.54) is 6.20 Å². The van der Waals surface area contributed by atoms with Gasteiger partial charge in [-0.1, -0.05) is 0 Å². The number of aromatic nitrogens is 4. The standard InChI is InChI=1S/C13H15N5O/c1-9-7-16-17-12(9)11-3-2-6-18(11)13(19)10-8-14-4-5-15-10/h4-5,7-8,11H,2-3,6H2,1H3,(H,16,17). The van der Waals surface area contributed by atoms with Crippen molar-refractivity contribution >= 4 is 5.91 Å². The molecule has 3 heterocycles. The highest BCUT2D eigenvalue weighted by Gasteiger charge is 2.32. The molecule has 1 N–H and O–H groups in total. The van der Waals surface area contributed by atoms with Gasteiger partial charge in [-0.15, -0.1) is 0 Å². The lowest BCUT2D eigenvalue weighted by molar-refractivity contribution is 0.0726. The zero-order valence-corrected chi connectivity index (χ0v) is 10.7. The van der Waals surface area contributed by atoms with Gasteiger partial charge in [-0.3, -0.25) is 14.9 Å². The Kier molecular flexibility index (Phi) is 2.98. The molecule has 1 fully saturated rings. The molecule has 0 spiro atoms. The summed E-state index contributed by atoms with van der Waals surface area (Å²) in [6.45, 7) is 2.75. The molecule has 1 amide bonds. The number of amides is 1. The maximum absolute atomic E-state index is 12.5. The second kappa shape index (κ2) is 4.79. The molecular formula is C13H15N5O. The van der Waals surface area contributed by atoms with Crippen LogP contribution in [0, 0.1) is 6.92 Å². The molecule has 19 heavy (non-hydrogen) atoms. The van der Waals surface area contributed by atoms with Gasteiger partial charge in [-0.2, -0.15) is 5.10 Å². The molecule has 0 saturated carbocycles. The molecule has 6 heteroatoms. The summed E-state index contributed by atoms with van der Waals surface area (Å²) in [4.78, 5) is 22.3. The quantitative estimate of drug-likeness (QED) is 0.884. The molecule has 0 aromatic carbocycles. The van der Waals surface area contributed by atoms with Gasteiger partial charge in [0.1, 0.15) is 5.69 Å². The number of likely N-dealkylation sites (tertiary alicyclic amines) is 1. The number of rotatable bonds is 2. The summed E-state index contributed by atoms with van der Waals surface area (Å²) in [6, 6.07) is 0.0667. The smallest absolute Gasteiger partial charge is 0.274 e. The first kappa shape index (κ1) is 11.8. The third-order valence-electron chi connectivity index (χ3n) is 3.50. The average molecular weight is 257 g/mol. The van der Waals surface area contributed by atoms with Gasteiger partial charge < -0.3 is 4.90 Å². The van der Waals surface area contributed by atoms with Gasteiger partial charge >= 0.3 is 0 Å². The highest BCUT2D eigenvalue weighted by Crippen LogP contribution is 2.33. The van der Waals surface area contributed by atoms with E-state index in [1.807, 2.05) is 11.8 Å². The minimum absolute atomic E-state index is 0.0652. The fraction of sp³-hybridized carbons (Fsp3) is 0.385. The van der Waals surface area contributed by atoms with Gasteiger partial charge in [0.05, 0.1) is 24.1 Å². The summed E-state index contributed by atoms with van der Waals surface area (Å²) in [5.74, 6) is -0.0652. The van der Waals surface area contributed by atoms with Crippen molar-refractivity contribution in [2.24, 2.45) is 0 Å². The number of nitrogens with zero attached hydrogens (tertiary/aromatic N) is 4. The molecule has 0 aliphatic carbocycles. The maximum atomic E-state index is 12.5. The van der Waals surface area contributed by atoms with Crippen molar-refractivity contribution in [3.8, 4) is 0 Å². The highest BCUT2D eigenvalue weighted by molar-refractivity contribution is 5.92. The number of aryl methyl sites for hydroxylation is 1. The average Bonchev–Trinajstić information content (AvgIpc) is 3.07. The van der Waals surface area contributed by atoms with Crippen LogP contribution in [-0.4, -0.2) is 37.5 Å². The SMILES string of the molecule is Cc1cn[nH]c1C1CCCN1C(=O)c1cnccn1. The van der Waals surface area contributed by atoms with E-state index < -0.39 is 0 Å². The Morgan fingerprint density at radius 3 is 3.00 bits per heavy atom. The maximum Gasteiger partial charge on any atom is 0.274 e. The number of hydrogen-bond donors (Lipinski definition) is 1. The highest BCUT2D eigenvalue weighted by atomic mass is 16.2. The van der Waals surface area contributed by atoms with Gasteiger partial charge in [-0.05, 0) is 25.3 Å². The van der Waals surface area contributed by atoms with Crippen LogP contribution in [0.3, 0.4) is 0 Å². The molecule has 6 nitrogen and oxygen atoms in total. The van der Waals surface area contributed by atoms with Crippen LogP contribution in [0.1, 0.15) is 40.6 Å². The summed E-state index contributed by atoms with van der Waals surface area (Å²) in [5.41, 5.74) is 2.50. The van der Waals surface area contributed by atoms with E-state index >= 15 is 0 Å². The Bertz CT molecular complexity index is 580. The number of carbonyl (C=O) groups excluding carboxylic acids is 1. The third-order valence-corrected chi connectivity index (χ3v) is 3.50. The Morgan fingerprint density at radius 1 is 1.42 bits per heavy atom. The largest absolute Gasteiger partial charge is 0.329 e. The first-order chi connectivity index (χ1) is 9.27. The van der Waals surface area contributed by atoms with Crippen LogP contribution < -0.4 is 0 Å². The van der Waals surface area contributed by atoms with Gasteiger partial charge in [0.15, 0.2) is 0 Å². The Labute approximate surface area is 110 Å². The van der Waals surface area contributed by atoms with Crippen LogP contribution in [0.15, 0.2) is 24.8 Å². The van der Waals surface area contributed by atoms with Crippen LogP contribution in [-0.2, 0) is 0 Å². The van der Waals surface area contributed by atoms with E-state index in [0.29, 0.717) is 5.69 Å². The zero-order valence-electron chi connectivity index (χ0n) is 10.7. The minimum atomic E-state index is -0.0652. The van der Waals surface area contributed by atoms with E-state index in [-0.39, 0.29) is 11.9 Å². The molecule has 1 unspecified atom stereocenters. The molecule has 2 aromatic rings. The lowest BCUT2D eigenvalue weighted by atomic mass is 10.1. The second-order valence-electron chi connectivity index (χ2n) is 4.71. The number of carbonyl (C=O) groups is 1. The molecule has 1 aliphatic rings. The summed E-state index contributed by atoms with van der Waals surface area (Å²) in [6.07, 6.45) is 8.36. The van der Waals surface area contributed by atoms with Crippen LogP contribution in [0.2, 0.25) is 0 Å². The molecule has 1 atom stereocenters. The molecule has 1 saturated heterocycles. The van der Waals surface area contributed by atoms with Gasteiger partial charge in [-0.25, -0.2) is 4.98 Å². The molecule has 3 rings (SSSR count). The Hall–Kier alpha value is -2.24. The Balaban J connectivity index is 1.88. The van der Waals surface area contributed by atoms with Crippen molar-refractivity contribution in [2.45, 2.75) is 25.8 Å². The lowest BCUT2D eigenvalue weighted by Gasteiger charge is -2.23. The number of hydrogen-bond acceptors (Lipinski definition) is 4. The van der Waals surface area contributed by atoms with Crippen LogP contribution in [0.25, 0.3) is 0 Å². The van der Waals surface area contributed by atoms with Crippen LogP contribution in [0.4, 0.5) is 0 Å². The van der Waals surface area contributed by atoms with Crippen molar-refractivity contribution in [3.63, 3.8) is 0 Å². The first-order valence-electron chi connectivity index (χ1n) is 6.34. The molecule has 0 radical (unpaired) electrons. The molecular weight excluding hydrogens is 242 g/mol. The van der Waals surface area contributed by atoms with E-state index in [9.17, 15) is 4.79 Å². The van der Waals surface area contributed by atoms with Gasteiger partial charge in [0.2, 0.25) is 0 Å². The summed E-state index contributed by atoms with van der Waals surface area (Å²) >= 11 is 0. The Morgan fingerprint density at radius 2 is 2.32 bits per heavy atom. The van der Waals surface area contributed by atoms with Crippen molar-refractivity contribution < 1.29 is 4.79 Å². The fourth-order valence-corrected chi connectivity index (χ4v) is 2.56. The minimum Gasteiger partial charge on any atom is -0.329 e. The number of nitrogens with one attached hydrogen (secondary N) is 1. The summed E-state index contributed by atoms with van der Waals surface area (Å²) in [7, 11) is 0. The van der Waals surface area contributed by atoms with Crippen molar-refractivity contribution in [1.29, 1.82) is 0 Å². The normalized spacial score (nSPS) is 18.8. The van der Waals surface area contributed by atoms with Crippen LogP contribution >= 0.6 is 0 Å². The fourth-order valence-electron chi connectivity index (χ4n) is 2.56. The second-order valence-corrected chi connectivity index (χ2v) is 4.71. The van der Waals surface area contributed by atoms with Gasteiger partial charge in [0, 0.05) is 18.9 Å². The van der Waals surface area contributed by atoms with Crippen molar-refractivity contribution in [1.82, 2.24) is 25.1 Å². The van der Waals surface area contributed by atoms with E-state index in [1.54, 1.807) is 18.6 Å². The summed E-state index contributed by atoms with van der Waals surface area (Å²) < 4.78 is 0. The van der Waals surface area contributed by atoms with E-state index in [2.05, 4.69) is 20.2 Å². The predicted molar refractivity (Wildman–Crippen MR) is 68.4 cm³/mol. The molecule has 0 bridgehead atoms. The topological polar surface area (TPSA) is 74.8 Å². The summed E-state index contributed by atoms with van der Waals surface area (Å²) in [5, 5.41) is 7.05. The predicted octanol–water partition coefficient (Wildman–Crippen LogP) is 1.49. The van der Waals surface area contributed by atoms with Crippen molar-refractivity contribution in [3.05, 3.63) is 41.7 Å². The molecule has 98 valence electrons. The lowest BCUT2D eigenvalue weighted by Crippen LogP contribution is -2.31. The molecule has 2 aromatic heterocycles.